The van der Waals surface area contributed by atoms with E-state index in [1.165, 1.54) is 36.5 Å². The number of amides is 1. The topological polar surface area (TPSA) is 116 Å². The van der Waals surface area contributed by atoms with E-state index in [9.17, 15) is 17.6 Å². The number of rotatable bonds is 7. The molecule has 192 valence electrons. The number of hydrogen-bond acceptors (Lipinski definition) is 8. The van der Waals surface area contributed by atoms with Gasteiger partial charge in [0.15, 0.2) is 23.0 Å². The second-order valence-corrected chi connectivity index (χ2v) is 9.82. The van der Waals surface area contributed by atoms with Gasteiger partial charge in [0.1, 0.15) is 38.8 Å². The fourth-order valence-electron chi connectivity index (χ4n) is 3.77. The van der Waals surface area contributed by atoms with E-state index in [4.69, 9.17) is 18.9 Å². The first-order valence-corrected chi connectivity index (χ1v) is 12.7. The summed E-state index contributed by atoms with van der Waals surface area (Å²) >= 11 is 0. The molecule has 0 saturated heterocycles. The Kier molecular flexibility index (Phi) is 6.82. The number of sulfonamides is 1. The predicted octanol–water partition coefficient (Wildman–Crippen LogP) is 2.71. The SMILES string of the molecule is O=C(CN(c1ccc(F)cc1)S(=O)(=O)c1ccc2c(c1)OCCO2)N/N=C\c1cccc2c1OCCO2. The first-order valence-electron chi connectivity index (χ1n) is 11.3. The fourth-order valence-corrected chi connectivity index (χ4v) is 5.21. The highest BCUT2D eigenvalue weighted by molar-refractivity contribution is 7.92. The summed E-state index contributed by atoms with van der Waals surface area (Å²) in [5, 5.41) is 3.94. The molecule has 0 aromatic heterocycles. The van der Waals surface area contributed by atoms with Gasteiger partial charge in [0.2, 0.25) is 0 Å². The summed E-state index contributed by atoms with van der Waals surface area (Å²) in [5.74, 6) is 0.492. The van der Waals surface area contributed by atoms with Crippen LogP contribution in [0.4, 0.5) is 10.1 Å². The molecule has 5 rings (SSSR count). The van der Waals surface area contributed by atoms with Crippen LogP contribution in [0.2, 0.25) is 0 Å². The fraction of sp³-hybridized carbons (Fsp3) is 0.200. The van der Waals surface area contributed by atoms with Crippen molar-refractivity contribution in [2.45, 2.75) is 4.90 Å². The number of benzene rings is 3. The van der Waals surface area contributed by atoms with Gasteiger partial charge in [-0.25, -0.2) is 18.2 Å². The molecule has 0 unspecified atom stereocenters. The summed E-state index contributed by atoms with van der Waals surface area (Å²) in [7, 11) is -4.26. The van der Waals surface area contributed by atoms with E-state index >= 15 is 0 Å². The molecule has 10 nitrogen and oxygen atoms in total. The van der Waals surface area contributed by atoms with E-state index in [-0.39, 0.29) is 22.9 Å². The van der Waals surface area contributed by atoms with E-state index in [0.29, 0.717) is 42.6 Å². The van der Waals surface area contributed by atoms with E-state index in [0.717, 1.165) is 16.4 Å². The minimum atomic E-state index is -4.26. The van der Waals surface area contributed by atoms with Crippen LogP contribution >= 0.6 is 0 Å². The zero-order chi connectivity index (χ0) is 25.8. The summed E-state index contributed by atoms with van der Waals surface area (Å²) in [5.41, 5.74) is 3.01. The van der Waals surface area contributed by atoms with Crippen molar-refractivity contribution >= 4 is 27.8 Å². The Morgan fingerprint density at radius 2 is 1.62 bits per heavy atom. The molecule has 37 heavy (non-hydrogen) atoms. The van der Waals surface area contributed by atoms with Gasteiger partial charge in [-0.2, -0.15) is 5.10 Å². The third-order valence-electron chi connectivity index (χ3n) is 5.49. The number of hydrogen-bond donors (Lipinski definition) is 1. The zero-order valence-corrected chi connectivity index (χ0v) is 20.2. The quantitative estimate of drug-likeness (QED) is 0.371. The maximum absolute atomic E-state index is 13.6. The number of carbonyl (C=O) groups excluding carboxylic acids is 1. The number of nitrogens with one attached hydrogen (secondary N) is 1. The van der Waals surface area contributed by atoms with Crippen molar-refractivity contribution in [3.05, 3.63) is 72.0 Å². The molecule has 0 atom stereocenters. The van der Waals surface area contributed by atoms with Crippen LogP contribution in [0.1, 0.15) is 5.56 Å². The monoisotopic (exact) mass is 527 g/mol. The Hall–Kier alpha value is -4.32. The van der Waals surface area contributed by atoms with Crippen molar-refractivity contribution in [1.29, 1.82) is 0 Å². The summed E-state index contributed by atoms with van der Waals surface area (Å²) < 4.78 is 63.7. The maximum atomic E-state index is 13.6. The summed E-state index contributed by atoms with van der Waals surface area (Å²) in [6.07, 6.45) is 1.38. The lowest BCUT2D eigenvalue weighted by Crippen LogP contribution is -2.39. The lowest BCUT2D eigenvalue weighted by molar-refractivity contribution is -0.119. The molecule has 1 amide bonds. The van der Waals surface area contributed by atoms with Crippen LogP contribution in [-0.2, 0) is 14.8 Å². The van der Waals surface area contributed by atoms with Crippen molar-refractivity contribution in [3.8, 4) is 23.0 Å². The number of hydrazone groups is 1. The molecule has 3 aromatic carbocycles. The molecule has 0 spiro atoms. The average molecular weight is 528 g/mol. The minimum Gasteiger partial charge on any atom is -0.486 e. The Bertz CT molecular complexity index is 1450. The molecule has 1 N–H and O–H groups in total. The van der Waals surface area contributed by atoms with Crippen molar-refractivity contribution in [2.75, 3.05) is 37.3 Å². The Morgan fingerprint density at radius 1 is 0.919 bits per heavy atom. The number of ether oxygens (including phenoxy) is 4. The van der Waals surface area contributed by atoms with E-state index < -0.39 is 28.3 Å². The first kappa shape index (κ1) is 24.4. The number of anilines is 1. The van der Waals surface area contributed by atoms with Gasteiger partial charge < -0.3 is 18.9 Å². The lowest BCUT2D eigenvalue weighted by Gasteiger charge is -2.25. The highest BCUT2D eigenvalue weighted by Crippen LogP contribution is 2.34. The molecule has 12 heteroatoms. The van der Waals surface area contributed by atoms with Crippen LogP contribution < -0.4 is 28.7 Å². The van der Waals surface area contributed by atoms with Crippen LogP contribution in [0.5, 0.6) is 23.0 Å². The third kappa shape index (κ3) is 5.28. The van der Waals surface area contributed by atoms with Gasteiger partial charge >= 0.3 is 0 Å². The predicted molar refractivity (Wildman–Crippen MR) is 132 cm³/mol. The van der Waals surface area contributed by atoms with Gasteiger partial charge in [0.25, 0.3) is 15.9 Å². The number of para-hydroxylation sites is 1. The summed E-state index contributed by atoms with van der Waals surface area (Å²) in [6, 6.07) is 14.2. The summed E-state index contributed by atoms with van der Waals surface area (Å²) in [6.45, 7) is 0.828. The van der Waals surface area contributed by atoms with Crippen LogP contribution in [0.15, 0.2) is 70.7 Å². The zero-order valence-electron chi connectivity index (χ0n) is 19.4. The van der Waals surface area contributed by atoms with Crippen LogP contribution in [0, 0.1) is 5.82 Å². The van der Waals surface area contributed by atoms with Crippen molar-refractivity contribution in [2.24, 2.45) is 5.10 Å². The second-order valence-electron chi connectivity index (χ2n) is 7.96. The number of nitrogens with zero attached hydrogens (tertiary/aromatic N) is 2. The van der Waals surface area contributed by atoms with Crippen LogP contribution in [0.25, 0.3) is 0 Å². The molecule has 2 aliphatic rings. The van der Waals surface area contributed by atoms with E-state index in [1.54, 1.807) is 18.2 Å². The van der Waals surface area contributed by atoms with Crippen LogP contribution in [0.3, 0.4) is 0 Å². The normalized spacial score (nSPS) is 14.3. The molecule has 0 radical (unpaired) electrons. The molecule has 3 aromatic rings. The van der Waals surface area contributed by atoms with Gasteiger partial charge in [0, 0.05) is 11.6 Å². The number of halogens is 1. The minimum absolute atomic E-state index is 0.0955. The molecular weight excluding hydrogens is 505 g/mol. The Morgan fingerprint density at radius 3 is 2.41 bits per heavy atom. The molecular formula is C25H22FN3O7S. The molecule has 0 fully saturated rings. The Balaban J connectivity index is 1.38. The van der Waals surface area contributed by atoms with Gasteiger partial charge in [-0.1, -0.05) is 6.07 Å². The molecule has 2 heterocycles. The number of carbonyl (C=O) groups is 1. The molecule has 0 saturated carbocycles. The highest BCUT2D eigenvalue weighted by Gasteiger charge is 2.29. The largest absolute Gasteiger partial charge is 0.486 e. The van der Waals surface area contributed by atoms with E-state index in [1.807, 2.05) is 0 Å². The Labute approximate surface area is 212 Å². The van der Waals surface area contributed by atoms with Gasteiger partial charge in [-0.3, -0.25) is 9.10 Å². The third-order valence-corrected chi connectivity index (χ3v) is 7.26. The van der Waals surface area contributed by atoms with Crippen molar-refractivity contribution in [1.82, 2.24) is 5.43 Å². The van der Waals surface area contributed by atoms with Gasteiger partial charge in [0.05, 0.1) is 16.8 Å². The number of fused-ring (bicyclic) bond motifs is 2. The maximum Gasteiger partial charge on any atom is 0.264 e. The standard InChI is InChI=1S/C25H22FN3O7S/c26-18-4-6-19(7-5-18)29(37(31,32)20-8-9-21-23(14-20)35-11-10-33-21)16-24(30)28-27-15-17-2-1-3-22-25(17)36-13-12-34-22/h1-9,14-15H,10-13,16H2,(H,28,30)/b27-15-. The van der Waals surface area contributed by atoms with Crippen molar-refractivity contribution in [3.63, 3.8) is 0 Å². The van der Waals surface area contributed by atoms with Crippen LogP contribution in [-0.4, -0.2) is 53.5 Å². The molecule has 0 bridgehead atoms. The smallest absolute Gasteiger partial charge is 0.264 e. The average Bonchev–Trinajstić information content (AvgIpc) is 2.92. The van der Waals surface area contributed by atoms with E-state index in [2.05, 4.69) is 10.5 Å². The molecule has 2 aliphatic heterocycles. The molecule has 0 aliphatic carbocycles. The highest BCUT2D eigenvalue weighted by atomic mass is 32.2. The van der Waals surface area contributed by atoms with Gasteiger partial charge in [-0.05, 0) is 48.5 Å². The second kappa shape index (κ2) is 10.3. The lowest BCUT2D eigenvalue weighted by atomic mass is 10.2. The summed E-state index contributed by atoms with van der Waals surface area (Å²) in [4.78, 5) is 12.7. The van der Waals surface area contributed by atoms with Crippen molar-refractivity contribution < 1.29 is 36.6 Å². The van der Waals surface area contributed by atoms with Gasteiger partial charge in [-0.15, -0.1) is 0 Å². The first-order chi connectivity index (χ1) is 17.9.